The summed E-state index contributed by atoms with van der Waals surface area (Å²) >= 11 is 12.8. The molecule has 0 aliphatic carbocycles. The maximum atomic E-state index is 12.7. The molecule has 0 saturated carbocycles. The van der Waals surface area contributed by atoms with Gasteiger partial charge in [0.05, 0.1) is 76.6 Å². The Balaban J connectivity index is 0.000000190. The van der Waals surface area contributed by atoms with Crippen molar-refractivity contribution in [3.63, 3.8) is 0 Å². The van der Waals surface area contributed by atoms with Crippen molar-refractivity contribution < 1.29 is 69.0 Å². The van der Waals surface area contributed by atoms with Gasteiger partial charge in [-0.25, -0.2) is 19.9 Å². The van der Waals surface area contributed by atoms with Gasteiger partial charge in [-0.15, -0.1) is 0 Å². The first-order valence-electron chi connectivity index (χ1n) is 38.0. The average Bonchev–Trinajstić information content (AvgIpc) is 1.64. The van der Waals surface area contributed by atoms with Gasteiger partial charge in [-0.05, 0) is 214 Å². The molecule has 37 heteroatoms. The van der Waals surface area contributed by atoms with Crippen molar-refractivity contribution in [3.05, 3.63) is 291 Å². The third-order valence-corrected chi connectivity index (χ3v) is 21.4. The lowest BCUT2D eigenvalue weighted by Gasteiger charge is -2.07. The second-order valence-corrected chi connectivity index (χ2v) is 29.8. The Morgan fingerprint density at radius 3 is 1.20 bits per heavy atom. The number of hydrogen-bond donors (Lipinski definition) is 13. The van der Waals surface area contributed by atoms with Crippen LogP contribution in [0.15, 0.2) is 248 Å². The van der Waals surface area contributed by atoms with Gasteiger partial charge in [-0.2, -0.15) is 0 Å². The summed E-state index contributed by atoms with van der Waals surface area (Å²) in [6.45, 7) is 5.83. The second-order valence-electron chi connectivity index (χ2n) is 26.4. The first-order chi connectivity index (χ1) is 60.4. The van der Waals surface area contributed by atoms with Gasteiger partial charge in [-0.1, -0.05) is 129 Å². The van der Waals surface area contributed by atoms with Crippen LogP contribution in [0, 0.1) is 19.9 Å². The number of carbonyl (C=O) groups is 2. The molecule has 4 aromatic heterocycles. The van der Waals surface area contributed by atoms with E-state index in [2.05, 4.69) is 133 Å². The number of fused-ring (bicyclic) bond motifs is 4. The van der Waals surface area contributed by atoms with Crippen LogP contribution >= 0.6 is 63.7 Å². The largest absolute Gasteiger partial charge is 0.870 e. The van der Waals surface area contributed by atoms with Crippen molar-refractivity contribution >= 4 is 172 Å². The van der Waals surface area contributed by atoms with Crippen LogP contribution in [0.1, 0.15) is 45.7 Å². The monoisotopic (exact) mass is 1980 g/mol. The maximum Gasteiger partial charge on any atom is 0.386 e. The number of anilines is 6. The summed E-state index contributed by atoms with van der Waals surface area (Å²) in [4.78, 5) is 86.1. The Bertz CT molecular complexity index is 6410. The van der Waals surface area contributed by atoms with E-state index in [0.717, 1.165) is 128 Å². The third-order valence-electron chi connectivity index (χ3n) is 18.7. The number of ether oxygens (including phenoxy) is 7. The highest BCUT2D eigenvalue weighted by Gasteiger charge is 2.30. The molecule has 16 aromatic rings. The third kappa shape index (κ3) is 24.8. The highest BCUT2D eigenvalue weighted by molar-refractivity contribution is 9.11. The molecule has 0 spiro atoms. The van der Waals surface area contributed by atoms with E-state index >= 15 is 0 Å². The number of carbonyl (C=O) groups excluding carboxylic acids is 2. The van der Waals surface area contributed by atoms with E-state index in [1.54, 1.807) is 78.2 Å². The fraction of sp³-hybridized carbons (Fsp3) is 0.133. The molecular weight excluding hydrogens is 1890 g/mol. The predicted molar refractivity (Wildman–Crippen MR) is 508 cm³/mol. The first kappa shape index (κ1) is 98.1. The number of nitrogens with two attached hydrogens (primary N) is 4. The van der Waals surface area contributed by atoms with Gasteiger partial charge in [0.25, 0.3) is 17.5 Å². The van der Waals surface area contributed by atoms with Crippen LogP contribution in [0.5, 0.6) is 40.2 Å². The number of halogens is 4. The van der Waals surface area contributed by atoms with E-state index in [-0.39, 0.29) is 39.9 Å². The summed E-state index contributed by atoms with van der Waals surface area (Å²) in [5.74, 6) is 5.26. The molecule has 0 atom stereocenters. The fourth-order valence-electron chi connectivity index (χ4n) is 12.4. The topological polar surface area (TPSA) is 519 Å². The van der Waals surface area contributed by atoms with E-state index in [1.165, 1.54) is 30.0 Å². The van der Waals surface area contributed by atoms with E-state index in [0.29, 0.717) is 79.5 Å². The van der Waals surface area contributed by atoms with Crippen LogP contribution < -0.4 is 82.4 Å². The minimum Gasteiger partial charge on any atom is -0.870 e. The van der Waals surface area contributed by atoms with Crippen molar-refractivity contribution in [2.75, 3.05) is 89.9 Å². The molecule has 658 valence electrons. The molecule has 0 aliphatic rings. The van der Waals surface area contributed by atoms with Crippen molar-refractivity contribution in [2.45, 2.75) is 26.8 Å². The fourth-order valence-corrected chi connectivity index (χ4v) is 13.9. The molecule has 4 heterocycles. The molecule has 16 rings (SSSR count). The number of imidazole rings is 4. The van der Waals surface area contributed by atoms with Crippen molar-refractivity contribution in [1.82, 2.24) is 45.2 Å². The Labute approximate surface area is 761 Å². The standard InChI is InChI=1S/C24H24N4O2.C23H21N3O2.C14H13N3O.C8H8BrN3O.C7H5BrN2O4.C7H9BrN2O.C7H6BrNO2.2H2O/c1-3-25-15-16-9-11-18(12-10-16)23(29)28-24-26-21-19(17-7-5-4-6-8-17)13-14-20(30-2)22(21)27-24;1-3-15-9-11-17(12-10-15)22(27)26-23-24-20-18(16-7-5-4-6-8-16)13-14-19(28-2)21(20)25-23;1-18-11-8-7-10(9-5-3-2-4-6-9)12-13(11)17-14(15)16-12;1-13-5-3-2-4(9)6-7(5)12-8(10)11-6;1-14-5-3-2-4(8)6(9-11)7(5)10(12)13;1-11-5-3-2-4(8)6(9)7(5)10;1-11-5-2-3-6(8)7(4-5)9-10;;/h4-14,25H,3,15H2,1-2H3,(H2,26,27,28,29);4-14H,3H2,1-2H3,(H2,24,25,26,27);2-8H,1H3,(H3,15,16,17);2-3H,1H3,(H3,10,11,12);2-3H,1H3;2-3H,9-10H2,1H3;2-4H,1H3;2*1H2. The summed E-state index contributed by atoms with van der Waals surface area (Å²) in [5.41, 5.74) is 39.4. The summed E-state index contributed by atoms with van der Waals surface area (Å²) in [5, 5.41) is 22.9. The second kappa shape index (κ2) is 47.5. The van der Waals surface area contributed by atoms with Crippen LogP contribution in [-0.4, -0.2) is 124 Å². The minimum absolute atomic E-state index is 0. The number of amides is 2. The van der Waals surface area contributed by atoms with Gasteiger partial charge in [-0.3, -0.25) is 30.3 Å². The summed E-state index contributed by atoms with van der Waals surface area (Å²) < 4.78 is 38.8. The number of aromatic amines is 4. The van der Waals surface area contributed by atoms with Gasteiger partial charge in [0.1, 0.15) is 83.1 Å². The van der Waals surface area contributed by atoms with Gasteiger partial charge < -0.3 is 92.3 Å². The number of nitroso groups, excluding NO2 is 2. The summed E-state index contributed by atoms with van der Waals surface area (Å²) in [7, 11) is 10.9. The van der Waals surface area contributed by atoms with Crippen LogP contribution in [0.25, 0.3) is 77.5 Å². The number of nitrogens with one attached hydrogen (secondary N) is 9. The molecule has 12 aromatic carbocycles. The van der Waals surface area contributed by atoms with Crippen LogP contribution in [-0.2, 0) is 13.0 Å². The number of H-pyrrole nitrogens is 4. The van der Waals surface area contributed by atoms with E-state index in [1.807, 2.05) is 188 Å². The highest BCUT2D eigenvalue weighted by atomic mass is 79.9. The van der Waals surface area contributed by atoms with Gasteiger partial charge in [0.15, 0.2) is 11.9 Å². The SMILES string of the molecule is CCNCc1ccc(C(=O)Nc2nc3c(-c4ccccc4)ccc(OC)c3[nH]2)cc1.CCc1ccc(C(=O)Nc2nc3c(-c4ccccc4)ccc(OC)c3[nH]2)cc1.COc1ccc(-c2ccccc2)c2nc(N)[nH]c12.COc1ccc(Br)c(N)c1N.COc1ccc(Br)c([NH+]=O)c1.COc1ccc(Br)c([NH+]=O)c1[N+](=O)[O-].COc1ccc(Br)c2nc(N)[nH]c12.[OH-].[OH-]. The quantitative estimate of drug-likeness (QED) is 0.0180. The van der Waals surface area contributed by atoms with E-state index in [9.17, 15) is 29.5 Å². The number of rotatable bonds is 21. The molecule has 19 N–H and O–H groups in total. The molecule has 0 aliphatic heterocycles. The molecule has 0 unspecified atom stereocenters. The molecule has 33 nitrogen and oxygen atoms in total. The number of hydrogen-bond acceptors (Lipinski definition) is 24. The van der Waals surface area contributed by atoms with Crippen LogP contribution in [0.4, 0.5) is 52.2 Å². The number of nitro benzene ring substituents is 1. The number of aromatic nitrogens is 8. The van der Waals surface area contributed by atoms with Gasteiger partial charge in [0, 0.05) is 63.5 Å². The van der Waals surface area contributed by atoms with Crippen molar-refractivity contribution in [2.24, 2.45) is 0 Å². The van der Waals surface area contributed by atoms with Crippen LogP contribution in [0.3, 0.4) is 0 Å². The molecule has 127 heavy (non-hydrogen) atoms. The number of nitrogens with zero attached hydrogens (tertiary/aromatic N) is 5. The molecular formula is C90H90Br4N18O15. The summed E-state index contributed by atoms with van der Waals surface area (Å²) in [6, 6.07) is 72.2. The predicted octanol–water partition coefficient (Wildman–Crippen LogP) is 17.4. The Kier molecular flexibility index (Phi) is 36.7. The van der Waals surface area contributed by atoms with Crippen LogP contribution in [0.2, 0.25) is 0 Å². The van der Waals surface area contributed by atoms with E-state index < -0.39 is 4.92 Å². The molecule has 0 saturated heterocycles. The molecule has 2 amide bonds. The summed E-state index contributed by atoms with van der Waals surface area (Å²) in [6.07, 6.45) is 0.938. The number of nitro groups is 1. The minimum atomic E-state index is -0.677. The maximum absolute atomic E-state index is 12.7. The zero-order valence-electron chi connectivity index (χ0n) is 69.8. The molecule has 0 bridgehead atoms. The van der Waals surface area contributed by atoms with Crippen molar-refractivity contribution in [1.29, 1.82) is 0 Å². The lowest BCUT2D eigenvalue weighted by molar-refractivity contribution is -0.422. The lowest BCUT2D eigenvalue weighted by Crippen LogP contribution is -2.56. The number of aryl methyl sites for hydroxylation is 1. The first-order valence-corrected chi connectivity index (χ1v) is 41.2. The lowest BCUT2D eigenvalue weighted by atomic mass is 10.0. The van der Waals surface area contributed by atoms with Gasteiger partial charge >= 0.3 is 11.4 Å². The van der Waals surface area contributed by atoms with Crippen molar-refractivity contribution in [3.8, 4) is 73.6 Å². The molecule has 0 radical (unpaired) electrons. The zero-order valence-corrected chi connectivity index (χ0v) is 76.2. The van der Waals surface area contributed by atoms with Gasteiger partial charge in [0.2, 0.25) is 17.6 Å². The normalized spacial score (nSPS) is 10.2. The van der Waals surface area contributed by atoms with E-state index in [4.69, 9.17) is 56.1 Å². The number of benzene rings is 12. The average molecular weight is 1980 g/mol. The Morgan fingerprint density at radius 2 is 0.795 bits per heavy atom. The number of nitrogen functional groups attached to an aromatic ring is 4. The molecule has 0 fully saturated rings. The smallest absolute Gasteiger partial charge is 0.386 e. The Morgan fingerprint density at radius 1 is 0.417 bits per heavy atom. The number of methoxy groups -OCH3 is 7. The Hall–Kier alpha value is -14.3. The highest BCUT2D eigenvalue weighted by Crippen LogP contribution is 2.40. The zero-order chi connectivity index (χ0) is 89.8.